The summed E-state index contributed by atoms with van der Waals surface area (Å²) in [4.78, 5) is 15.4. The molecule has 0 aliphatic rings. The molecule has 0 bridgehead atoms. The van der Waals surface area contributed by atoms with E-state index in [1.54, 1.807) is 12.3 Å². The van der Waals surface area contributed by atoms with Crippen LogP contribution in [0.5, 0.6) is 0 Å². The molecule has 0 radical (unpaired) electrons. The van der Waals surface area contributed by atoms with Crippen molar-refractivity contribution in [2.24, 2.45) is 10.9 Å². The number of hydrogen-bond acceptors (Lipinski definition) is 5. The smallest absolute Gasteiger partial charge is 0.221 e. The van der Waals surface area contributed by atoms with Gasteiger partial charge in [-0.1, -0.05) is 12.1 Å². The van der Waals surface area contributed by atoms with Gasteiger partial charge in [0, 0.05) is 32.3 Å². The van der Waals surface area contributed by atoms with Crippen molar-refractivity contribution in [2.75, 3.05) is 13.1 Å². The summed E-state index contributed by atoms with van der Waals surface area (Å²) in [5.41, 5.74) is 6.85. The molecule has 1 aromatic heterocycles. The van der Waals surface area contributed by atoms with E-state index in [9.17, 15) is 4.79 Å². The van der Waals surface area contributed by atoms with E-state index < -0.39 is 0 Å². The molecule has 0 aliphatic carbocycles. The van der Waals surface area contributed by atoms with Crippen LogP contribution in [0.1, 0.15) is 31.0 Å². The van der Waals surface area contributed by atoms with Crippen molar-refractivity contribution in [3.63, 3.8) is 0 Å². The number of oxime groups is 1. The number of hydrogen-bond donors (Lipinski definition) is 4. The lowest BCUT2D eigenvalue weighted by atomic mass is 10.2. The summed E-state index contributed by atoms with van der Waals surface area (Å²) < 4.78 is 0. The number of amides is 1. The van der Waals surface area contributed by atoms with Gasteiger partial charge in [-0.2, -0.15) is 0 Å². The highest BCUT2D eigenvalue weighted by molar-refractivity contribution is 5.95. The molecule has 110 valence electrons. The van der Waals surface area contributed by atoms with E-state index in [1.165, 1.54) is 0 Å². The Morgan fingerprint density at radius 1 is 1.50 bits per heavy atom. The van der Waals surface area contributed by atoms with Crippen LogP contribution in [0, 0.1) is 0 Å². The zero-order valence-electron chi connectivity index (χ0n) is 11.6. The predicted octanol–water partition coefficient (Wildman–Crippen LogP) is 0.182. The van der Waals surface area contributed by atoms with E-state index in [1.807, 2.05) is 13.0 Å². The molecule has 5 N–H and O–H groups in total. The van der Waals surface area contributed by atoms with Crippen LogP contribution in [0.15, 0.2) is 23.5 Å². The number of aromatic nitrogens is 1. The second-order valence-corrected chi connectivity index (χ2v) is 4.31. The number of rotatable bonds is 8. The summed E-state index contributed by atoms with van der Waals surface area (Å²) >= 11 is 0. The van der Waals surface area contributed by atoms with Gasteiger partial charge in [-0.3, -0.25) is 9.78 Å². The van der Waals surface area contributed by atoms with Gasteiger partial charge >= 0.3 is 0 Å². The maximum atomic E-state index is 11.4. The molecule has 0 aromatic carbocycles. The Morgan fingerprint density at radius 3 is 3.00 bits per heavy atom. The molecule has 0 unspecified atom stereocenters. The van der Waals surface area contributed by atoms with Crippen LogP contribution in [-0.4, -0.2) is 35.0 Å². The lowest BCUT2D eigenvalue weighted by Crippen LogP contribution is -2.28. The highest BCUT2D eigenvalue weighted by atomic mass is 16.4. The summed E-state index contributed by atoms with van der Waals surface area (Å²) in [5.74, 6) is 0.0252. The largest absolute Gasteiger partial charge is 0.409 e. The van der Waals surface area contributed by atoms with E-state index in [-0.39, 0.29) is 11.7 Å². The molecule has 1 aromatic rings. The first-order chi connectivity index (χ1) is 9.67. The number of amidine groups is 1. The number of pyridine rings is 1. The fourth-order valence-electron chi connectivity index (χ4n) is 1.56. The van der Waals surface area contributed by atoms with Gasteiger partial charge in [-0.15, -0.1) is 0 Å². The number of carbonyl (C=O) groups is 1. The fourth-order valence-corrected chi connectivity index (χ4v) is 1.56. The topological polar surface area (TPSA) is 113 Å². The molecule has 0 atom stereocenters. The quantitative estimate of drug-likeness (QED) is 0.178. The van der Waals surface area contributed by atoms with Gasteiger partial charge in [0.25, 0.3) is 0 Å². The first kappa shape index (κ1) is 15.9. The molecule has 0 fully saturated rings. The maximum absolute atomic E-state index is 11.4. The molecule has 0 saturated heterocycles. The Labute approximate surface area is 118 Å². The van der Waals surface area contributed by atoms with Crippen LogP contribution >= 0.6 is 0 Å². The number of nitrogens with one attached hydrogen (secondary N) is 2. The highest BCUT2D eigenvalue weighted by Crippen LogP contribution is 2.01. The Morgan fingerprint density at radius 2 is 2.30 bits per heavy atom. The standard InChI is InChI=1S/C13H21N5O2/c1-2-5-17-12(19)4-6-15-9-10-3-7-16-11(8-10)13(14)18-20/h3,7-8,15,20H,2,4-6,9H2,1H3,(H2,14,18)(H,17,19). The summed E-state index contributed by atoms with van der Waals surface area (Å²) in [6.07, 6.45) is 2.98. The first-order valence-electron chi connectivity index (χ1n) is 6.57. The third-order valence-corrected chi connectivity index (χ3v) is 2.62. The average Bonchev–Trinajstić information content (AvgIpc) is 2.49. The van der Waals surface area contributed by atoms with Gasteiger partial charge in [0.15, 0.2) is 5.84 Å². The maximum Gasteiger partial charge on any atom is 0.221 e. The number of carbonyl (C=O) groups excluding carboxylic acids is 1. The minimum Gasteiger partial charge on any atom is -0.409 e. The average molecular weight is 279 g/mol. The van der Waals surface area contributed by atoms with Gasteiger partial charge < -0.3 is 21.6 Å². The van der Waals surface area contributed by atoms with Crippen LogP contribution in [0.2, 0.25) is 0 Å². The van der Waals surface area contributed by atoms with Crippen LogP contribution in [-0.2, 0) is 11.3 Å². The van der Waals surface area contributed by atoms with E-state index in [0.717, 1.165) is 12.0 Å². The van der Waals surface area contributed by atoms with E-state index >= 15 is 0 Å². The summed E-state index contributed by atoms with van der Waals surface area (Å²) in [6.45, 7) is 3.92. The second-order valence-electron chi connectivity index (χ2n) is 4.31. The Kier molecular flexibility index (Phi) is 7.05. The normalized spacial score (nSPS) is 11.3. The van der Waals surface area contributed by atoms with Crippen LogP contribution in [0.25, 0.3) is 0 Å². The minimum absolute atomic E-state index is 0.0224. The first-order valence-corrected chi connectivity index (χ1v) is 6.57. The van der Waals surface area contributed by atoms with Crippen LogP contribution < -0.4 is 16.4 Å². The van der Waals surface area contributed by atoms with Gasteiger partial charge in [-0.25, -0.2) is 0 Å². The zero-order valence-corrected chi connectivity index (χ0v) is 11.6. The van der Waals surface area contributed by atoms with Crippen molar-refractivity contribution in [3.05, 3.63) is 29.6 Å². The third-order valence-electron chi connectivity index (χ3n) is 2.62. The van der Waals surface area contributed by atoms with Crippen molar-refractivity contribution < 1.29 is 10.0 Å². The lowest BCUT2D eigenvalue weighted by Gasteiger charge is -2.06. The highest BCUT2D eigenvalue weighted by Gasteiger charge is 2.03. The van der Waals surface area contributed by atoms with E-state index in [4.69, 9.17) is 10.9 Å². The fraction of sp³-hybridized carbons (Fsp3) is 0.462. The van der Waals surface area contributed by atoms with Crippen LogP contribution in [0.3, 0.4) is 0 Å². The second kappa shape index (κ2) is 8.87. The van der Waals surface area contributed by atoms with Crippen molar-refractivity contribution in [2.45, 2.75) is 26.3 Å². The Hall–Kier alpha value is -2.15. The molecule has 1 amide bonds. The zero-order chi connectivity index (χ0) is 14.8. The summed E-state index contributed by atoms with van der Waals surface area (Å²) in [6, 6.07) is 3.57. The van der Waals surface area contributed by atoms with Gasteiger partial charge in [0.2, 0.25) is 5.91 Å². The van der Waals surface area contributed by atoms with Crippen molar-refractivity contribution in [1.29, 1.82) is 0 Å². The molecule has 20 heavy (non-hydrogen) atoms. The summed E-state index contributed by atoms with van der Waals surface area (Å²) in [5, 5.41) is 17.5. The van der Waals surface area contributed by atoms with E-state index in [2.05, 4.69) is 20.8 Å². The van der Waals surface area contributed by atoms with Crippen molar-refractivity contribution in [1.82, 2.24) is 15.6 Å². The van der Waals surface area contributed by atoms with E-state index in [0.29, 0.717) is 31.7 Å². The van der Waals surface area contributed by atoms with Gasteiger partial charge in [0.05, 0.1) is 0 Å². The molecule has 1 heterocycles. The molecule has 7 heteroatoms. The molecule has 1 rings (SSSR count). The van der Waals surface area contributed by atoms with Crippen molar-refractivity contribution in [3.8, 4) is 0 Å². The minimum atomic E-state index is -0.0224. The summed E-state index contributed by atoms with van der Waals surface area (Å²) in [7, 11) is 0. The molecule has 0 saturated carbocycles. The Balaban J connectivity index is 2.34. The molecular formula is C13H21N5O2. The number of nitrogens with zero attached hydrogens (tertiary/aromatic N) is 2. The van der Waals surface area contributed by atoms with Crippen molar-refractivity contribution >= 4 is 11.7 Å². The molecule has 0 spiro atoms. The predicted molar refractivity (Wildman–Crippen MR) is 76.4 cm³/mol. The molecular weight excluding hydrogens is 258 g/mol. The lowest BCUT2D eigenvalue weighted by molar-refractivity contribution is -0.120. The third kappa shape index (κ3) is 5.66. The van der Waals surface area contributed by atoms with Gasteiger partial charge in [-0.05, 0) is 24.1 Å². The monoisotopic (exact) mass is 279 g/mol. The SMILES string of the molecule is CCCNC(=O)CCNCc1ccnc(C(N)=NO)c1. The molecule has 7 nitrogen and oxygen atoms in total. The number of nitrogens with two attached hydrogens (primary N) is 1. The van der Waals surface area contributed by atoms with Gasteiger partial charge in [0.1, 0.15) is 5.69 Å². The molecule has 0 aliphatic heterocycles. The van der Waals surface area contributed by atoms with Crippen LogP contribution in [0.4, 0.5) is 0 Å². The Bertz CT molecular complexity index is 462.